The Kier molecular flexibility index (Phi) is 6.71. The number of hydrogen-bond donors (Lipinski definition) is 0. The fraction of sp³-hybridized carbons (Fsp3) is 0.750. The van der Waals surface area contributed by atoms with Gasteiger partial charge in [0.1, 0.15) is 24.1 Å². The van der Waals surface area contributed by atoms with Crippen molar-refractivity contribution in [2.24, 2.45) is 4.99 Å². The minimum absolute atomic E-state index is 0.0684. The van der Waals surface area contributed by atoms with Crippen molar-refractivity contribution in [3.8, 4) is 0 Å². The Morgan fingerprint density at radius 1 is 1.22 bits per heavy atom. The molecule has 12 heteroatoms. The highest BCUT2D eigenvalue weighted by Crippen LogP contribution is 2.50. The molecule has 0 saturated carbocycles. The first kappa shape index (κ1) is 25.7. The van der Waals surface area contributed by atoms with Gasteiger partial charge >= 0.3 is 0 Å². The zero-order valence-electron chi connectivity index (χ0n) is 22.5. The van der Waals surface area contributed by atoms with Crippen molar-refractivity contribution in [2.75, 3.05) is 53.6 Å². The number of hydrogen-bond acceptors (Lipinski definition) is 9. The summed E-state index contributed by atoms with van der Waals surface area (Å²) in [5.74, 6) is 0.522. The molecule has 0 amide bonds. The maximum atomic E-state index is 7.06. The van der Waals surface area contributed by atoms with Crippen molar-refractivity contribution in [1.29, 1.82) is 0 Å². The van der Waals surface area contributed by atoms with Crippen LogP contribution in [0.2, 0.25) is 18.1 Å². The van der Waals surface area contributed by atoms with Crippen LogP contribution in [0.5, 0.6) is 0 Å². The molecule has 3 saturated heterocycles. The van der Waals surface area contributed by atoms with Gasteiger partial charge in [-0.25, -0.2) is 19.9 Å². The number of rotatable bonds is 7. The van der Waals surface area contributed by atoms with Crippen molar-refractivity contribution in [3.05, 3.63) is 12.7 Å². The van der Waals surface area contributed by atoms with Crippen LogP contribution in [0.15, 0.2) is 17.6 Å². The molecule has 3 aliphatic heterocycles. The lowest BCUT2D eigenvalue weighted by atomic mass is 9.98. The van der Waals surface area contributed by atoms with Crippen LogP contribution in [0.1, 0.15) is 27.0 Å². The number of aromatic nitrogens is 4. The molecule has 5 rings (SSSR count). The van der Waals surface area contributed by atoms with Gasteiger partial charge in [0.25, 0.3) is 0 Å². The van der Waals surface area contributed by atoms with E-state index in [-0.39, 0.29) is 17.2 Å². The zero-order chi connectivity index (χ0) is 25.7. The first-order valence-electron chi connectivity index (χ1n) is 12.7. The van der Waals surface area contributed by atoms with Gasteiger partial charge in [-0.3, -0.25) is 9.47 Å². The van der Waals surface area contributed by atoms with E-state index in [0.717, 1.165) is 32.8 Å². The third-order valence-corrected chi connectivity index (χ3v) is 12.3. The number of ether oxygens (including phenoxy) is 3. The maximum absolute atomic E-state index is 7.06. The van der Waals surface area contributed by atoms with E-state index in [2.05, 4.69) is 58.7 Å². The molecule has 4 atom stereocenters. The van der Waals surface area contributed by atoms with E-state index in [1.165, 1.54) is 6.33 Å². The predicted octanol–water partition coefficient (Wildman–Crippen LogP) is 2.44. The van der Waals surface area contributed by atoms with E-state index in [4.69, 9.17) is 18.6 Å². The normalized spacial score (nSPS) is 29.6. The Hall–Kier alpha value is -1.96. The van der Waals surface area contributed by atoms with E-state index in [1.54, 1.807) is 12.7 Å². The molecule has 0 radical (unpaired) electrons. The molecule has 3 aliphatic rings. The van der Waals surface area contributed by atoms with Gasteiger partial charge in [-0.05, 0) is 18.1 Å². The van der Waals surface area contributed by atoms with E-state index >= 15 is 0 Å². The molecule has 11 nitrogen and oxygen atoms in total. The molecular formula is C24H39N7O4Si. The van der Waals surface area contributed by atoms with Gasteiger partial charge in [0.15, 0.2) is 31.5 Å². The van der Waals surface area contributed by atoms with Crippen LogP contribution in [0.4, 0.5) is 5.82 Å². The molecule has 0 aromatic carbocycles. The van der Waals surface area contributed by atoms with E-state index in [0.29, 0.717) is 23.6 Å². The Bertz CT molecular complexity index is 1110. The molecule has 3 fully saturated rings. The van der Waals surface area contributed by atoms with Gasteiger partial charge in [0.2, 0.25) is 0 Å². The lowest BCUT2D eigenvalue weighted by Gasteiger charge is -2.42. The van der Waals surface area contributed by atoms with Crippen LogP contribution in [-0.4, -0.2) is 115 Å². The van der Waals surface area contributed by atoms with Gasteiger partial charge < -0.3 is 23.5 Å². The molecule has 2 aromatic heterocycles. The van der Waals surface area contributed by atoms with Gasteiger partial charge in [-0.2, -0.15) is 0 Å². The molecule has 0 spiro atoms. The Morgan fingerprint density at radius 2 is 1.97 bits per heavy atom. The average molecular weight is 518 g/mol. The molecule has 2 bridgehead atoms. The molecule has 198 valence electrons. The van der Waals surface area contributed by atoms with Crippen LogP contribution < -0.4 is 0 Å². The molecule has 2 aromatic rings. The van der Waals surface area contributed by atoms with Crippen LogP contribution in [-0.2, 0) is 18.6 Å². The van der Waals surface area contributed by atoms with Gasteiger partial charge in [0, 0.05) is 33.7 Å². The summed E-state index contributed by atoms with van der Waals surface area (Å²) in [6, 6.07) is 0. The van der Waals surface area contributed by atoms with Gasteiger partial charge in [-0.1, -0.05) is 20.8 Å². The van der Waals surface area contributed by atoms with Crippen LogP contribution >= 0.6 is 0 Å². The number of fused-ring (bicyclic) bond motifs is 3. The number of morpholine rings is 1. The second-order valence-electron chi connectivity index (χ2n) is 11.8. The van der Waals surface area contributed by atoms with Gasteiger partial charge in [0.05, 0.1) is 32.5 Å². The summed E-state index contributed by atoms with van der Waals surface area (Å²) in [5.41, 5.74) is 0.730. The highest BCUT2D eigenvalue weighted by molar-refractivity contribution is 6.74. The lowest BCUT2D eigenvalue weighted by molar-refractivity contribution is -0.181. The van der Waals surface area contributed by atoms with Crippen LogP contribution in [0.3, 0.4) is 0 Å². The summed E-state index contributed by atoms with van der Waals surface area (Å²) in [7, 11) is 1.73. The maximum Gasteiger partial charge on any atom is 0.192 e. The molecule has 1 unspecified atom stereocenters. The molecule has 0 N–H and O–H groups in total. The summed E-state index contributed by atoms with van der Waals surface area (Å²) in [6.45, 7) is 15.8. The quantitative estimate of drug-likeness (QED) is 0.311. The molecule has 36 heavy (non-hydrogen) atoms. The fourth-order valence-corrected chi connectivity index (χ4v) is 6.17. The zero-order valence-corrected chi connectivity index (χ0v) is 23.5. The smallest absolute Gasteiger partial charge is 0.192 e. The molecular weight excluding hydrogens is 478 g/mol. The first-order chi connectivity index (χ1) is 17.0. The number of imidazole rings is 1. The van der Waals surface area contributed by atoms with Gasteiger partial charge in [-0.15, -0.1) is 0 Å². The summed E-state index contributed by atoms with van der Waals surface area (Å²) in [6.07, 6.45) is 4.13. The van der Waals surface area contributed by atoms with Crippen molar-refractivity contribution >= 4 is 31.6 Å². The van der Waals surface area contributed by atoms with Crippen LogP contribution in [0.25, 0.3) is 11.2 Å². The third kappa shape index (κ3) is 4.59. The monoisotopic (exact) mass is 517 g/mol. The molecule has 5 heterocycles. The topological polar surface area (TPSA) is 99.4 Å². The van der Waals surface area contributed by atoms with Crippen molar-refractivity contribution < 1.29 is 18.6 Å². The van der Waals surface area contributed by atoms with Crippen molar-refractivity contribution in [3.63, 3.8) is 0 Å². The molecule has 0 aliphatic carbocycles. The minimum atomic E-state index is -2.10. The Morgan fingerprint density at radius 3 is 2.67 bits per heavy atom. The summed E-state index contributed by atoms with van der Waals surface area (Å²) in [5, 5.41) is 0.0684. The van der Waals surface area contributed by atoms with E-state index in [1.807, 2.05) is 23.6 Å². The third-order valence-electron chi connectivity index (χ3n) is 7.82. The SMILES string of the molecule is CN(C)/C=N/c1ncnc2c1ncn2[C@@H]1O[C@@]2(CN3CCOCC3)CO[C@H]1C2O[Si](C)(C)C(C)(C)C. The summed E-state index contributed by atoms with van der Waals surface area (Å²) >= 11 is 0. The number of aliphatic imine (C=N–C) groups is 1. The summed E-state index contributed by atoms with van der Waals surface area (Å²) < 4.78 is 28.0. The average Bonchev–Trinajstić information content (AvgIpc) is 3.47. The largest absolute Gasteiger partial charge is 0.408 e. The van der Waals surface area contributed by atoms with Crippen molar-refractivity contribution in [1.82, 2.24) is 29.3 Å². The van der Waals surface area contributed by atoms with E-state index in [9.17, 15) is 0 Å². The first-order valence-corrected chi connectivity index (χ1v) is 15.6. The Balaban J connectivity index is 1.50. The number of nitrogens with zero attached hydrogens (tertiary/aromatic N) is 7. The minimum Gasteiger partial charge on any atom is -0.408 e. The fourth-order valence-electron chi connectivity index (χ4n) is 4.83. The summed E-state index contributed by atoms with van der Waals surface area (Å²) in [4.78, 5) is 22.2. The second-order valence-corrected chi connectivity index (χ2v) is 16.5. The lowest BCUT2D eigenvalue weighted by Crippen LogP contribution is -2.57. The highest BCUT2D eigenvalue weighted by atomic mass is 28.4. The van der Waals surface area contributed by atoms with E-state index < -0.39 is 20.1 Å². The second kappa shape index (κ2) is 9.41. The van der Waals surface area contributed by atoms with Crippen molar-refractivity contribution in [2.45, 2.75) is 62.9 Å². The predicted molar refractivity (Wildman–Crippen MR) is 139 cm³/mol. The van der Waals surface area contributed by atoms with Crippen LogP contribution in [0, 0.1) is 0 Å². The highest BCUT2D eigenvalue weighted by Gasteiger charge is 2.65. The standard InChI is InChI=1S/C24H39N7O4Si/c1-23(2,3)36(6,7)35-19-18-22(34-24(19,13-33-18)12-30-8-10-32-11-9-30)31-16-27-17-20(28-15-29(4)5)25-14-26-21(17)31/h14-16,18-19,22H,8-13H2,1-7H3/b28-15+/t18-,19?,22+,24-/m0/s1. The Labute approximate surface area is 213 Å².